The van der Waals surface area contributed by atoms with E-state index in [1.807, 2.05) is 24.3 Å². The Morgan fingerprint density at radius 3 is 2.45 bits per heavy atom. The molecular weight excluding hydrogens is 397 g/mol. The van der Waals surface area contributed by atoms with Crippen molar-refractivity contribution in [3.8, 4) is 5.75 Å². The summed E-state index contributed by atoms with van der Waals surface area (Å²) in [5.41, 5.74) is 1.79. The van der Waals surface area contributed by atoms with Gasteiger partial charge in [-0.1, -0.05) is 48.5 Å². The van der Waals surface area contributed by atoms with Crippen LogP contribution in [-0.2, 0) is 11.2 Å². The Labute approximate surface area is 178 Å². The Kier molecular flexibility index (Phi) is 5.93. The van der Waals surface area contributed by atoms with E-state index in [0.717, 1.165) is 16.5 Å². The van der Waals surface area contributed by atoms with E-state index in [-0.39, 0.29) is 12.1 Å². The SMILES string of the molecule is O=C(N[C@@H](Cc1c[nH]c2ccccc12)C(=O)Nc1ccccc1F)Oc1ccccc1. The molecule has 1 atom stereocenters. The molecule has 4 aromatic rings. The first-order valence-corrected chi connectivity index (χ1v) is 9.74. The molecule has 0 saturated heterocycles. The Morgan fingerprint density at radius 2 is 1.65 bits per heavy atom. The molecule has 0 unspecified atom stereocenters. The molecule has 156 valence electrons. The van der Waals surface area contributed by atoms with Gasteiger partial charge < -0.3 is 20.4 Å². The molecule has 0 aliphatic carbocycles. The molecule has 4 rings (SSSR count). The summed E-state index contributed by atoms with van der Waals surface area (Å²) in [5, 5.41) is 6.08. The highest BCUT2D eigenvalue weighted by Crippen LogP contribution is 2.20. The summed E-state index contributed by atoms with van der Waals surface area (Å²) >= 11 is 0. The number of benzene rings is 3. The van der Waals surface area contributed by atoms with Crippen molar-refractivity contribution in [2.75, 3.05) is 5.32 Å². The molecule has 31 heavy (non-hydrogen) atoms. The van der Waals surface area contributed by atoms with Crippen LogP contribution in [0.2, 0.25) is 0 Å². The number of amides is 2. The standard InChI is InChI=1S/C24H20FN3O3/c25-19-11-5-7-13-21(19)27-23(29)22(28-24(30)31-17-8-2-1-3-9-17)14-16-15-26-20-12-6-4-10-18(16)20/h1-13,15,22,26H,14H2,(H,27,29)(H,28,30)/t22-/m0/s1. The van der Waals surface area contributed by atoms with Crippen molar-refractivity contribution < 1.29 is 18.7 Å². The van der Waals surface area contributed by atoms with Crippen LogP contribution >= 0.6 is 0 Å². The molecule has 0 aliphatic rings. The van der Waals surface area contributed by atoms with Gasteiger partial charge in [0.2, 0.25) is 5.91 Å². The lowest BCUT2D eigenvalue weighted by molar-refractivity contribution is -0.118. The topological polar surface area (TPSA) is 83.2 Å². The second-order valence-electron chi connectivity index (χ2n) is 6.93. The summed E-state index contributed by atoms with van der Waals surface area (Å²) in [6.45, 7) is 0. The Bertz CT molecular complexity index is 1210. The molecule has 3 N–H and O–H groups in total. The maximum atomic E-state index is 14.0. The number of aromatic nitrogens is 1. The van der Waals surface area contributed by atoms with Crippen molar-refractivity contribution in [1.82, 2.24) is 10.3 Å². The summed E-state index contributed by atoms with van der Waals surface area (Å²) in [4.78, 5) is 28.5. The van der Waals surface area contributed by atoms with E-state index >= 15 is 0 Å². The number of carbonyl (C=O) groups is 2. The summed E-state index contributed by atoms with van der Waals surface area (Å²) in [6, 6.07) is 21.0. The van der Waals surface area contributed by atoms with Crippen LogP contribution in [0.5, 0.6) is 5.75 Å². The second kappa shape index (κ2) is 9.13. The minimum atomic E-state index is -0.991. The number of halogens is 1. The fourth-order valence-corrected chi connectivity index (χ4v) is 3.28. The monoisotopic (exact) mass is 417 g/mol. The number of fused-ring (bicyclic) bond motifs is 1. The molecule has 0 aliphatic heterocycles. The van der Waals surface area contributed by atoms with Crippen molar-refractivity contribution >= 4 is 28.6 Å². The minimum absolute atomic E-state index is 0.0367. The molecule has 1 heterocycles. The first kappa shape index (κ1) is 20.2. The molecule has 0 radical (unpaired) electrons. The highest BCUT2D eigenvalue weighted by molar-refractivity contribution is 5.97. The van der Waals surface area contributed by atoms with Gasteiger partial charge in [-0.15, -0.1) is 0 Å². The fraction of sp³-hybridized carbons (Fsp3) is 0.0833. The number of para-hydroxylation sites is 3. The smallest absolute Gasteiger partial charge is 0.410 e. The fourth-order valence-electron chi connectivity index (χ4n) is 3.28. The van der Waals surface area contributed by atoms with Gasteiger partial charge >= 0.3 is 6.09 Å². The van der Waals surface area contributed by atoms with Gasteiger partial charge in [-0.2, -0.15) is 0 Å². The molecule has 6 nitrogen and oxygen atoms in total. The zero-order valence-corrected chi connectivity index (χ0v) is 16.5. The van der Waals surface area contributed by atoms with Crippen LogP contribution < -0.4 is 15.4 Å². The molecular formula is C24H20FN3O3. The molecule has 0 spiro atoms. The van der Waals surface area contributed by atoms with Crippen LogP contribution in [0.1, 0.15) is 5.56 Å². The van der Waals surface area contributed by atoms with Gasteiger partial charge in [-0.3, -0.25) is 4.79 Å². The Balaban J connectivity index is 1.55. The maximum absolute atomic E-state index is 14.0. The highest BCUT2D eigenvalue weighted by Gasteiger charge is 2.24. The first-order chi connectivity index (χ1) is 15.1. The van der Waals surface area contributed by atoms with Crippen LogP contribution in [0.25, 0.3) is 10.9 Å². The normalized spacial score (nSPS) is 11.6. The third-order valence-corrected chi connectivity index (χ3v) is 4.79. The third kappa shape index (κ3) is 4.90. The number of anilines is 1. The van der Waals surface area contributed by atoms with E-state index in [4.69, 9.17) is 4.74 Å². The van der Waals surface area contributed by atoms with E-state index < -0.39 is 23.9 Å². The second-order valence-corrected chi connectivity index (χ2v) is 6.93. The maximum Gasteiger partial charge on any atom is 0.413 e. The lowest BCUT2D eigenvalue weighted by Gasteiger charge is -2.18. The third-order valence-electron chi connectivity index (χ3n) is 4.79. The number of carbonyl (C=O) groups excluding carboxylic acids is 2. The van der Waals surface area contributed by atoms with Gasteiger partial charge in [0.05, 0.1) is 5.69 Å². The van der Waals surface area contributed by atoms with Crippen molar-refractivity contribution in [3.05, 3.63) is 96.4 Å². The number of rotatable bonds is 6. The summed E-state index contributed by atoms with van der Waals surface area (Å²) in [7, 11) is 0. The first-order valence-electron chi connectivity index (χ1n) is 9.74. The molecule has 7 heteroatoms. The van der Waals surface area contributed by atoms with Gasteiger partial charge in [0.1, 0.15) is 17.6 Å². The molecule has 2 amide bonds. The van der Waals surface area contributed by atoms with E-state index in [1.54, 1.807) is 42.6 Å². The largest absolute Gasteiger partial charge is 0.413 e. The number of aromatic amines is 1. The predicted octanol–water partition coefficient (Wildman–Crippen LogP) is 4.65. The van der Waals surface area contributed by atoms with Crippen molar-refractivity contribution in [2.24, 2.45) is 0 Å². The minimum Gasteiger partial charge on any atom is -0.410 e. The Morgan fingerprint density at radius 1 is 0.935 bits per heavy atom. The van der Waals surface area contributed by atoms with Crippen molar-refractivity contribution in [2.45, 2.75) is 12.5 Å². The van der Waals surface area contributed by atoms with E-state index in [9.17, 15) is 14.0 Å². The predicted molar refractivity (Wildman–Crippen MR) is 116 cm³/mol. The van der Waals surface area contributed by atoms with Crippen molar-refractivity contribution in [3.63, 3.8) is 0 Å². The van der Waals surface area contributed by atoms with Gasteiger partial charge in [0, 0.05) is 23.5 Å². The summed E-state index contributed by atoms with van der Waals surface area (Å²) in [5.74, 6) is -0.769. The summed E-state index contributed by atoms with van der Waals surface area (Å²) in [6.07, 6.45) is 1.20. The molecule has 0 bridgehead atoms. The lowest BCUT2D eigenvalue weighted by atomic mass is 10.0. The quantitative estimate of drug-likeness (QED) is 0.427. The molecule has 0 saturated carbocycles. The lowest BCUT2D eigenvalue weighted by Crippen LogP contribution is -2.46. The van der Waals surface area contributed by atoms with Crippen LogP contribution in [0.15, 0.2) is 85.1 Å². The summed E-state index contributed by atoms with van der Waals surface area (Å²) < 4.78 is 19.3. The van der Waals surface area contributed by atoms with Gasteiger partial charge in [-0.05, 0) is 35.9 Å². The van der Waals surface area contributed by atoms with Gasteiger partial charge in [-0.25, -0.2) is 9.18 Å². The van der Waals surface area contributed by atoms with Crippen molar-refractivity contribution in [1.29, 1.82) is 0 Å². The van der Waals surface area contributed by atoms with Crippen LogP contribution in [0, 0.1) is 5.82 Å². The number of hydrogen-bond donors (Lipinski definition) is 3. The van der Waals surface area contributed by atoms with E-state index in [1.165, 1.54) is 18.2 Å². The average Bonchev–Trinajstić information content (AvgIpc) is 3.18. The van der Waals surface area contributed by atoms with Crippen LogP contribution in [-0.4, -0.2) is 23.0 Å². The van der Waals surface area contributed by atoms with E-state index in [0.29, 0.717) is 5.75 Å². The van der Waals surface area contributed by atoms with Crippen LogP contribution in [0.3, 0.4) is 0 Å². The highest BCUT2D eigenvalue weighted by atomic mass is 19.1. The molecule has 3 aromatic carbocycles. The number of nitrogens with one attached hydrogen (secondary N) is 3. The number of H-pyrrole nitrogens is 1. The van der Waals surface area contributed by atoms with Gasteiger partial charge in [0.15, 0.2) is 0 Å². The van der Waals surface area contributed by atoms with Crippen LogP contribution in [0.4, 0.5) is 14.9 Å². The Hall–Kier alpha value is -4.13. The average molecular weight is 417 g/mol. The number of ether oxygens (including phenoxy) is 1. The molecule has 0 fully saturated rings. The number of hydrogen-bond acceptors (Lipinski definition) is 3. The zero-order valence-electron chi connectivity index (χ0n) is 16.5. The zero-order chi connectivity index (χ0) is 21.6. The van der Waals surface area contributed by atoms with E-state index in [2.05, 4.69) is 15.6 Å². The molecule has 1 aromatic heterocycles. The van der Waals surface area contributed by atoms with Gasteiger partial charge in [0.25, 0.3) is 0 Å².